The molecular weight excluding hydrogens is 344 g/mol. The molecule has 1 aliphatic rings. The predicted octanol–water partition coefficient (Wildman–Crippen LogP) is 3.17. The topological polar surface area (TPSA) is 64.8 Å². The lowest BCUT2D eigenvalue weighted by Crippen LogP contribution is -2.36. The number of benzene rings is 1. The molecule has 1 saturated heterocycles. The lowest BCUT2D eigenvalue weighted by Gasteiger charge is -2.24. The van der Waals surface area contributed by atoms with Crippen LogP contribution in [0.2, 0.25) is 0 Å². The van der Waals surface area contributed by atoms with Gasteiger partial charge in [0.05, 0.1) is 26.6 Å². The normalized spacial score (nSPS) is 17.7. The minimum atomic E-state index is -0.0723. The Morgan fingerprint density at radius 1 is 1.30 bits per heavy atom. The van der Waals surface area contributed by atoms with E-state index >= 15 is 0 Å². The zero-order valence-electron chi connectivity index (χ0n) is 15.3. The molecule has 0 radical (unpaired) electrons. The maximum Gasteiger partial charge on any atom is 0.259 e. The number of ether oxygens (including phenoxy) is 2. The molecule has 1 amide bonds. The molecule has 3 heterocycles. The van der Waals surface area contributed by atoms with E-state index in [0.717, 1.165) is 17.4 Å². The number of furan rings is 1. The van der Waals surface area contributed by atoms with E-state index in [1.54, 1.807) is 24.6 Å². The molecule has 1 aromatic carbocycles. The zero-order chi connectivity index (χ0) is 18.6. The van der Waals surface area contributed by atoms with Crippen molar-refractivity contribution in [2.24, 2.45) is 5.92 Å². The van der Waals surface area contributed by atoms with Gasteiger partial charge in [-0.3, -0.25) is 4.79 Å². The number of pyridine rings is 1. The molecule has 6 heteroatoms. The van der Waals surface area contributed by atoms with E-state index in [1.807, 2.05) is 23.1 Å². The number of carbonyl (C=O) groups is 1. The Bertz CT molecular complexity index is 937. The second-order valence-corrected chi connectivity index (χ2v) is 6.71. The van der Waals surface area contributed by atoms with Crippen molar-refractivity contribution < 1.29 is 18.7 Å². The molecule has 27 heavy (non-hydrogen) atoms. The molecule has 0 bridgehead atoms. The average Bonchev–Trinajstić information content (AvgIpc) is 3.07. The lowest BCUT2D eigenvalue weighted by atomic mass is 9.97. The van der Waals surface area contributed by atoms with Crippen LogP contribution in [0.5, 0.6) is 5.88 Å². The van der Waals surface area contributed by atoms with Gasteiger partial charge in [-0.25, -0.2) is 4.98 Å². The summed E-state index contributed by atoms with van der Waals surface area (Å²) in [6, 6.07) is 11.6. The Kier molecular flexibility index (Phi) is 5.07. The summed E-state index contributed by atoms with van der Waals surface area (Å²) in [5.41, 5.74) is 2.58. The molecule has 0 spiro atoms. The number of hydrogen-bond acceptors (Lipinski definition) is 5. The van der Waals surface area contributed by atoms with E-state index < -0.39 is 0 Å². The zero-order valence-corrected chi connectivity index (χ0v) is 15.3. The molecule has 1 fully saturated rings. The third-order valence-corrected chi connectivity index (χ3v) is 4.91. The third kappa shape index (κ3) is 3.66. The van der Waals surface area contributed by atoms with Gasteiger partial charge in [0.1, 0.15) is 11.1 Å². The van der Waals surface area contributed by atoms with Crippen molar-refractivity contribution in [3.63, 3.8) is 0 Å². The molecule has 140 valence electrons. The average molecular weight is 366 g/mol. The van der Waals surface area contributed by atoms with E-state index in [9.17, 15) is 4.79 Å². The standard InChI is InChI=1S/C21H22N2O4/c1-25-20-18(5-3-8-22-20)21(24)23-9-11-26-14-15(13-23)12-16-4-2-6-19-17(16)7-10-27-19/h2-8,10,15H,9,11-14H2,1H3. The first-order valence-corrected chi connectivity index (χ1v) is 9.07. The first kappa shape index (κ1) is 17.5. The third-order valence-electron chi connectivity index (χ3n) is 4.91. The monoisotopic (exact) mass is 366 g/mol. The van der Waals surface area contributed by atoms with Crippen molar-refractivity contribution in [2.45, 2.75) is 6.42 Å². The van der Waals surface area contributed by atoms with Gasteiger partial charge in [0, 0.05) is 30.6 Å². The minimum absolute atomic E-state index is 0.0723. The highest BCUT2D eigenvalue weighted by Gasteiger charge is 2.26. The summed E-state index contributed by atoms with van der Waals surface area (Å²) < 4.78 is 16.5. The summed E-state index contributed by atoms with van der Waals surface area (Å²) in [4.78, 5) is 19.0. The van der Waals surface area contributed by atoms with Crippen LogP contribution in [0.3, 0.4) is 0 Å². The SMILES string of the molecule is COc1ncccc1C(=O)N1CCOCC(Cc2cccc3occc23)C1. The Hall–Kier alpha value is -2.86. The van der Waals surface area contributed by atoms with E-state index in [1.165, 1.54) is 12.7 Å². The molecule has 1 unspecified atom stereocenters. The summed E-state index contributed by atoms with van der Waals surface area (Å²) in [7, 11) is 1.53. The van der Waals surface area contributed by atoms with Crippen molar-refractivity contribution in [3.05, 3.63) is 60.0 Å². The van der Waals surface area contributed by atoms with Crippen LogP contribution in [-0.4, -0.2) is 49.2 Å². The van der Waals surface area contributed by atoms with Crippen molar-refractivity contribution in [3.8, 4) is 5.88 Å². The number of nitrogens with zero attached hydrogens (tertiary/aromatic N) is 2. The Labute approximate surface area is 157 Å². The summed E-state index contributed by atoms with van der Waals surface area (Å²) >= 11 is 0. The highest BCUT2D eigenvalue weighted by molar-refractivity contribution is 5.96. The fourth-order valence-corrected chi connectivity index (χ4v) is 3.62. The van der Waals surface area contributed by atoms with Crippen LogP contribution >= 0.6 is 0 Å². The molecule has 2 aromatic heterocycles. The smallest absolute Gasteiger partial charge is 0.259 e. The van der Waals surface area contributed by atoms with Gasteiger partial charge in [0.2, 0.25) is 5.88 Å². The van der Waals surface area contributed by atoms with E-state index in [0.29, 0.717) is 37.7 Å². The first-order chi connectivity index (χ1) is 13.3. The van der Waals surface area contributed by atoms with E-state index in [-0.39, 0.29) is 11.8 Å². The number of carbonyl (C=O) groups excluding carboxylic acids is 1. The van der Waals surface area contributed by atoms with E-state index in [4.69, 9.17) is 13.9 Å². The Balaban J connectivity index is 1.54. The lowest BCUT2D eigenvalue weighted by molar-refractivity contribution is 0.0733. The second kappa shape index (κ2) is 7.80. The van der Waals surface area contributed by atoms with Gasteiger partial charge in [-0.2, -0.15) is 0 Å². The molecule has 1 atom stereocenters. The number of hydrogen-bond donors (Lipinski definition) is 0. The van der Waals surface area contributed by atoms with Crippen LogP contribution in [0.1, 0.15) is 15.9 Å². The quantitative estimate of drug-likeness (QED) is 0.710. The maximum atomic E-state index is 13.0. The molecule has 6 nitrogen and oxygen atoms in total. The van der Waals surface area contributed by atoms with Gasteiger partial charge >= 0.3 is 0 Å². The molecule has 1 aliphatic heterocycles. The predicted molar refractivity (Wildman–Crippen MR) is 101 cm³/mol. The maximum absolute atomic E-state index is 13.0. The molecule has 0 N–H and O–H groups in total. The minimum Gasteiger partial charge on any atom is -0.480 e. The number of aromatic nitrogens is 1. The Morgan fingerprint density at radius 2 is 2.22 bits per heavy atom. The van der Waals surface area contributed by atoms with Gasteiger partial charge < -0.3 is 18.8 Å². The van der Waals surface area contributed by atoms with Gasteiger partial charge in [0.25, 0.3) is 5.91 Å². The number of rotatable bonds is 4. The van der Waals surface area contributed by atoms with Crippen molar-refractivity contribution in [1.29, 1.82) is 0 Å². The second-order valence-electron chi connectivity index (χ2n) is 6.71. The van der Waals surface area contributed by atoms with E-state index in [2.05, 4.69) is 11.1 Å². The molecule has 0 aliphatic carbocycles. The summed E-state index contributed by atoms with van der Waals surface area (Å²) in [6.45, 7) is 2.34. The number of fused-ring (bicyclic) bond motifs is 1. The van der Waals surface area contributed by atoms with Crippen molar-refractivity contribution in [2.75, 3.05) is 33.4 Å². The highest BCUT2D eigenvalue weighted by atomic mass is 16.5. The fourth-order valence-electron chi connectivity index (χ4n) is 3.62. The van der Waals surface area contributed by atoms with Gasteiger partial charge in [0.15, 0.2) is 0 Å². The summed E-state index contributed by atoms with van der Waals surface area (Å²) in [5.74, 6) is 0.490. The van der Waals surface area contributed by atoms with Crippen LogP contribution < -0.4 is 4.74 Å². The molecular formula is C21H22N2O4. The van der Waals surface area contributed by atoms with Crippen LogP contribution in [0.15, 0.2) is 53.3 Å². The van der Waals surface area contributed by atoms with Crippen LogP contribution in [0.25, 0.3) is 11.0 Å². The Morgan fingerprint density at radius 3 is 3.11 bits per heavy atom. The number of amides is 1. The number of methoxy groups -OCH3 is 1. The van der Waals surface area contributed by atoms with Crippen LogP contribution in [0.4, 0.5) is 0 Å². The summed E-state index contributed by atoms with van der Waals surface area (Å²) in [6.07, 6.45) is 4.16. The van der Waals surface area contributed by atoms with Crippen molar-refractivity contribution in [1.82, 2.24) is 9.88 Å². The van der Waals surface area contributed by atoms with Crippen molar-refractivity contribution >= 4 is 16.9 Å². The van der Waals surface area contributed by atoms with Gasteiger partial charge in [-0.05, 0) is 36.2 Å². The summed E-state index contributed by atoms with van der Waals surface area (Å²) in [5, 5.41) is 1.12. The van der Waals surface area contributed by atoms with Gasteiger partial charge in [-0.1, -0.05) is 12.1 Å². The molecule has 0 saturated carbocycles. The van der Waals surface area contributed by atoms with Crippen LogP contribution in [0, 0.1) is 5.92 Å². The largest absolute Gasteiger partial charge is 0.480 e. The molecule has 3 aromatic rings. The fraction of sp³-hybridized carbons (Fsp3) is 0.333. The van der Waals surface area contributed by atoms with Gasteiger partial charge in [-0.15, -0.1) is 0 Å². The van der Waals surface area contributed by atoms with Crippen LogP contribution in [-0.2, 0) is 11.2 Å². The first-order valence-electron chi connectivity index (χ1n) is 9.07. The highest BCUT2D eigenvalue weighted by Crippen LogP contribution is 2.24. The molecule has 4 rings (SSSR count).